The first-order valence-corrected chi connectivity index (χ1v) is 7.90. The molecule has 0 radical (unpaired) electrons. The van der Waals surface area contributed by atoms with E-state index in [2.05, 4.69) is 0 Å². The summed E-state index contributed by atoms with van der Waals surface area (Å²) in [6.07, 6.45) is 3.77. The molecule has 2 atom stereocenters. The SMILES string of the molecule is O=C(O)[C@@H]1CN(CCC2CCCCCC2)C[C@H]1C(F)(F)F. The maximum Gasteiger partial charge on any atom is 0.393 e. The molecular formula is C15H24F3NO2. The molecule has 1 N–H and O–H groups in total. The first-order chi connectivity index (χ1) is 9.88. The summed E-state index contributed by atoms with van der Waals surface area (Å²) in [5, 5.41) is 8.99. The van der Waals surface area contributed by atoms with E-state index in [1.807, 2.05) is 0 Å². The van der Waals surface area contributed by atoms with Gasteiger partial charge in [-0.3, -0.25) is 4.79 Å². The summed E-state index contributed by atoms with van der Waals surface area (Å²) in [7, 11) is 0. The number of halogens is 3. The summed E-state index contributed by atoms with van der Waals surface area (Å²) in [6, 6.07) is 0. The van der Waals surface area contributed by atoms with Crippen LogP contribution in [0.4, 0.5) is 13.2 Å². The van der Waals surface area contributed by atoms with E-state index in [0.717, 1.165) is 6.42 Å². The molecule has 1 aliphatic heterocycles. The highest BCUT2D eigenvalue weighted by atomic mass is 19.4. The Morgan fingerprint density at radius 2 is 1.71 bits per heavy atom. The largest absolute Gasteiger partial charge is 0.481 e. The van der Waals surface area contributed by atoms with Gasteiger partial charge in [0.2, 0.25) is 0 Å². The van der Waals surface area contributed by atoms with Crippen molar-refractivity contribution in [2.45, 2.75) is 51.1 Å². The van der Waals surface area contributed by atoms with E-state index >= 15 is 0 Å². The Hall–Kier alpha value is -0.780. The van der Waals surface area contributed by atoms with Crippen LogP contribution in [0.3, 0.4) is 0 Å². The smallest absolute Gasteiger partial charge is 0.393 e. The maximum atomic E-state index is 12.9. The molecule has 0 bridgehead atoms. The van der Waals surface area contributed by atoms with Crippen molar-refractivity contribution in [1.29, 1.82) is 0 Å². The van der Waals surface area contributed by atoms with Gasteiger partial charge in [0.1, 0.15) is 0 Å². The van der Waals surface area contributed by atoms with Crippen LogP contribution < -0.4 is 0 Å². The van der Waals surface area contributed by atoms with Crippen LogP contribution in [0.15, 0.2) is 0 Å². The van der Waals surface area contributed by atoms with Crippen LogP contribution >= 0.6 is 0 Å². The minimum atomic E-state index is -4.42. The maximum absolute atomic E-state index is 12.9. The Morgan fingerprint density at radius 1 is 1.10 bits per heavy atom. The predicted octanol–water partition coefficient (Wildman–Crippen LogP) is 3.54. The molecule has 1 heterocycles. The number of carboxylic acids is 1. The average Bonchev–Trinajstić information content (AvgIpc) is 2.67. The minimum Gasteiger partial charge on any atom is -0.481 e. The van der Waals surface area contributed by atoms with E-state index in [-0.39, 0.29) is 13.1 Å². The number of aliphatic carboxylic acids is 1. The molecule has 2 rings (SSSR count). The number of carbonyl (C=O) groups is 1. The van der Waals surface area contributed by atoms with Gasteiger partial charge in [-0.2, -0.15) is 13.2 Å². The van der Waals surface area contributed by atoms with Gasteiger partial charge in [0, 0.05) is 13.1 Å². The van der Waals surface area contributed by atoms with Crippen molar-refractivity contribution in [2.75, 3.05) is 19.6 Å². The molecule has 0 spiro atoms. The Bertz CT molecular complexity index is 351. The third kappa shape index (κ3) is 4.59. The number of rotatable bonds is 4. The molecule has 21 heavy (non-hydrogen) atoms. The van der Waals surface area contributed by atoms with Crippen LogP contribution in [0.1, 0.15) is 44.9 Å². The van der Waals surface area contributed by atoms with E-state index in [4.69, 9.17) is 5.11 Å². The van der Waals surface area contributed by atoms with Crippen molar-refractivity contribution in [3.8, 4) is 0 Å². The van der Waals surface area contributed by atoms with Crippen molar-refractivity contribution in [3.05, 3.63) is 0 Å². The normalized spacial score (nSPS) is 29.5. The zero-order chi connectivity index (χ0) is 15.5. The van der Waals surface area contributed by atoms with Gasteiger partial charge >= 0.3 is 12.1 Å². The second kappa shape index (κ2) is 6.99. The van der Waals surface area contributed by atoms with Gasteiger partial charge in [0.05, 0.1) is 11.8 Å². The van der Waals surface area contributed by atoms with Crippen molar-refractivity contribution < 1.29 is 23.1 Å². The van der Waals surface area contributed by atoms with Crippen molar-refractivity contribution in [1.82, 2.24) is 4.90 Å². The molecule has 2 aliphatic rings. The van der Waals surface area contributed by atoms with Gasteiger partial charge in [0.15, 0.2) is 0 Å². The van der Waals surface area contributed by atoms with Crippen LogP contribution in [0.5, 0.6) is 0 Å². The lowest BCUT2D eigenvalue weighted by molar-refractivity contribution is -0.188. The summed E-state index contributed by atoms with van der Waals surface area (Å²) in [5.74, 6) is -3.75. The fourth-order valence-electron chi connectivity index (χ4n) is 3.67. The number of nitrogens with zero attached hydrogens (tertiary/aromatic N) is 1. The second-order valence-electron chi connectivity index (χ2n) is 6.50. The summed E-state index contributed by atoms with van der Waals surface area (Å²) in [6.45, 7) is 0.473. The van der Waals surface area contributed by atoms with E-state index in [1.165, 1.54) is 38.5 Å². The van der Waals surface area contributed by atoms with E-state index < -0.39 is 24.0 Å². The monoisotopic (exact) mass is 307 g/mol. The fourth-order valence-corrected chi connectivity index (χ4v) is 3.67. The molecule has 0 aromatic carbocycles. The molecule has 0 aromatic heterocycles. The lowest BCUT2D eigenvalue weighted by Gasteiger charge is -2.20. The number of hydrogen-bond acceptors (Lipinski definition) is 2. The highest BCUT2D eigenvalue weighted by Gasteiger charge is 2.52. The zero-order valence-electron chi connectivity index (χ0n) is 12.2. The van der Waals surface area contributed by atoms with Crippen LogP contribution in [0.2, 0.25) is 0 Å². The molecule has 3 nitrogen and oxygen atoms in total. The number of alkyl halides is 3. The van der Waals surface area contributed by atoms with Gasteiger partial charge < -0.3 is 10.0 Å². The van der Waals surface area contributed by atoms with Crippen molar-refractivity contribution >= 4 is 5.97 Å². The summed E-state index contributed by atoms with van der Waals surface area (Å²) < 4.78 is 38.7. The summed E-state index contributed by atoms with van der Waals surface area (Å²) in [4.78, 5) is 12.7. The van der Waals surface area contributed by atoms with Gasteiger partial charge in [-0.15, -0.1) is 0 Å². The van der Waals surface area contributed by atoms with Gasteiger partial charge in [-0.25, -0.2) is 0 Å². The number of carboxylic acid groups (broad SMARTS) is 1. The van der Waals surface area contributed by atoms with Crippen LogP contribution in [-0.2, 0) is 4.79 Å². The second-order valence-corrected chi connectivity index (χ2v) is 6.50. The number of likely N-dealkylation sites (tertiary alicyclic amines) is 1. The molecule has 0 unspecified atom stereocenters. The topological polar surface area (TPSA) is 40.5 Å². The average molecular weight is 307 g/mol. The molecule has 122 valence electrons. The Kier molecular flexibility index (Phi) is 5.52. The Morgan fingerprint density at radius 3 is 2.19 bits per heavy atom. The quantitative estimate of drug-likeness (QED) is 0.808. The number of hydrogen-bond donors (Lipinski definition) is 1. The van der Waals surface area contributed by atoms with Crippen LogP contribution in [0.25, 0.3) is 0 Å². The first-order valence-electron chi connectivity index (χ1n) is 7.90. The Labute approximate surface area is 123 Å². The van der Waals surface area contributed by atoms with E-state index in [0.29, 0.717) is 12.5 Å². The lowest BCUT2D eigenvalue weighted by Crippen LogP contribution is -2.33. The molecule has 0 aromatic rings. The van der Waals surface area contributed by atoms with Crippen molar-refractivity contribution in [2.24, 2.45) is 17.8 Å². The molecule has 0 amide bonds. The lowest BCUT2D eigenvalue weighted by atomic mass is 9.96. The fraction of sp³-hybridized carbons (Fsp3) is 0.933. The standard InChI is InChI=1S/C15H24F3NO2/c16-15(17,18)13-10-19(9-12(13)14(20)21)8-7-11-5-3-1-2-4-6-11/h11-13H,1-10H2,(H,20,21)/t12-,13-/m1/s1. The zero-order valence-corrected chi connectivity index (χ0v) is 12.2. The molecule has 1 saturated heterocycles. The van der Waals surface area contributed by atoms with Gasteiger partial charge in [0.25, 0.3) is 0 Å². The molecule has 1 aliphatic carbocycles. The highest BCUT2D eigenvalue weighted by Crippen LogP contribution is 2.38. The molecule has 2 fully saturated rings. The molecular weight excluding hydrogens is 283 g/mol. The van der Waals surface area contributed by atoms with E-state index in [1.54, 1.807) is 4.90 Å². The predicted molar refractivity (Wildman–Crippen MR) is 72.9 cm³/mol. The first kappa shape index (κ1) is 16.6. The van der Waals surface area contributed by atoms with Gasteiger partial charge in [-0.1, -0.05) is 38.5 Å². The van der Waals surface area contributed by atoms with Crippen LogP contribution in [-0.4, -0.2) is 41.8 Å². The molecule has 6 heteroatoms. The summed E-state index contributed by atoms with van der Waals surface area (Å²) >= 11 is 0. The van der Waals surface area contributed by atoms with E-state index in [9.17, 15) is 18.0 Å². The third-order valence-electron chi connectivity index (χ3n) is 4.96. The Balaban J connectivity index is 1.85. The molecule has 1 saturated carbocycles. The van der Waals surface area contributed by atoms with Crippen LogP contribution in [0, 0.1) is 17.8 Å². The van der Waals surface area contributed by atoms with Gasteiger partial charge in [-0.05, 0) is 18.9 Å². The third-order valence-corrected chi connectivity index (χ3v) is 4.96. The minimum absolute atomic E-state index is 0.0340. The van der Waals surface area contributed by atoms with Crippen molar-refractivity contribution in [3.63, 3.8) is 0 Å². The highest BCUT2D eigenvalue weighted by molar-refractivity contribution is 5.71. The summed E-state index contributed by atoms with van der Waals surface area (Å²) in [5.41, 5.74) is 0.